The maximum atomic E-state index is 13.5. The van der Waals surface area contributed by atoms with Gasteiger partial charge < -0.3 is 23.9 Å². The van der Waals surface area contributed by atoms with Crippen LogP contribution in [0, 0.1) is 6.92 Å². The summed E-state index contributed by atoms with van der Waals surface area (Å²) in [5.41, 5.74) is 7.70. The summed E-state index contributed by atoms with van der Waals surface area (Å²) in [5, 5.41) is 17.2. The summed E-state index contributed by atoms with van der Waals surface area (Å²) in [4.78, 5) is 14.5. The van der Waals surface area contributed by atoms with Gasteiger partial charge in [0.25, 0.3) is 0 Å². The van der Waals surface area contributed by atoms with E-state index in [1.165, 1.54) is 5.56 Å². The van der Waals surface area contributed by atoms with Crippen LogP contribution >= 0.6 is 35.0 Å². The van der Waals surface area contributed by atoms with Crippen molar-refractivity contribution in [2.45, 2.75) is 69.8 Å². The van der Waals surface area contributed by atoms with Gasteiger partial charge in [0.15, 0.2) is 0 Å². The molecule has 3 heterocycles. The Hall–Kier alpha value is -3.63. The summed E-state index contributed by atoms with van der Waals surface area (Å²) in [7, 11) is 3.54. The minimum absolute atomic E-state index is 0.202. The largest absolute Gasteiger partial charge is 0.497 e. The molecular weight excluding hydrogens is 681 g/mol. The third kappa shape index (κ3) is 7.17. The molecule has 1 N–H and O–H groups in total. The molecule has 2 aromatic heterocycles. The van der Waals surface area contributed by atoms with Gasteiger partial charge in [0, 0.05) is 51.5 Å². The number of rotatable bonds is 13. The van der Waals surface area contributed by atoms with Crippen LogP contribution < -0.4 is 9.47 Å². The minimum Gasteiger partial charge on any atom is -0.497 e. The molecule has 0 fully saturated rings. The lowest BCUT2D eigenvalue weighted by molar-refractivity contribution is 0.0514. The number of hydrogen-bond donors (Lipinski definition) is 1. The number of benzene rings is 3. The SMILES string of the molecule is CCOC(=O)c1c(CCCOc2cc(Cl)c(C)c(SCc3ccc(OC)cc3)c2)c2ccc(Cl)c(-c3c(CO)nn4c3CCCC4)c2n1C. The van der Waals surface area contributed by atoms with Crippen molar-refractivity contribution < 1.29 is 24.1 Å². The number of methoxy groups -OCH3 is 1. The monoisotopic (exact) mass is 721 g/mol. The van der Waals surface area contributed by atoms with Crippen LogP contribution in [0.4, 0.5) is 0 Å². The molecule has 1 aliphatic rings. The Morgan fingerprint density at radius 1 is 1.04 bits per heavy atom. The molecular formula is C38H41Cl2N3O5S. The first-order chi connectivity index (χ1) is 23.7. The molecule has 0 bridgehead atoms. The molecule has 49 heavy (non-hydrogen) atoms. The van der Waals surface area contributed by atoms with E-state index in [-0.39, 0.29) is 19.2 Å². The first-order valence-electron chi connectivity index (χ1n) is 16.6. The third-order valence-corrected chi connectivity index (χ3v) is 11.0. The number of carbonyl (C=O) groups is 1. The lowest BCUT2D eigenvalue weighted by atomic mass is 9.95. The first kappa shape index (κ1) is 35.2. The highest BCUT2D eigenvalue weighted by atomic mass is 35.5. The second kappa shape index (κ2) is 15.5. The highest BCUT2D eigenvalue weighted by molar-refractivity contribution is 7.98. The van der Waals surface area contributed by atoms with Crippen molar-refractivity contribution in [3.05, 3.63) is 92.3 Å². The standard InChI is InChI=1S/C38H41Cl2N3O5S/c1-5-47-38(45)37-27(9-8-18-48-26-19-30(40)23(2)33(20-26)49-22-24-11-13-25(46-4)14-12-24)28-15-16-29(39)34(36(28)42(37)3)35-31(21-44)41-43-17-7-6-10-32(35)43/h11-16,19-20,44H,5-10,17-18,21-22H2,1-4H3. The Morgan fingerprint density at radius 2 is 1.84 bits per heavy atom. The van der Waals surface area contributed by atoms with Gasteiger partial charge in [-0.1, -0.05) is 41.4 Å². The maximum absolute atomic E-state index is 13.5. The van der Waals surface area contributed by atoms with Gasteiger partial charge in [-0.05, 0) is 93.0 Å². The second-order valence-corrected chi connectivity index (χ2v) is 14.0. The smallest absolute Gasteiger partial charge is 0.355 e. The van der Waals surface area contributed by atoms with Gasteiger partial charge in [0.2, 0.25) is 0 Å². The van der Waals surface area contributed by atoms with Gasteiger partial charge in [0.1, 0.15) is 17.2 Å². The van der Waals surface area contributed by atoms with E-state index >= 15 is 0 Å². The van der Waals surface area contributed by atoms with Crippen LogP contribution in [0.2, 0.25) is 10.0 Å². The lowest BCUT2D eigenvalue weighted by Crippen LogP contribution is -2.13. The average molecular weight is 723 g/mol. The molecule has 0 saturated heterocycles. The van der Waals surface area contributed by atoms with E-state index in [1.807, 2.05) is 59.6 Å². The van der Waals surface area contributed by atoms with E-state index in [2.05, 4.69) is 12.1 Å². The van der Waals surface area contributed by atoms with Crippen LogP contribution in [0.3, 0.4) is 0 Å². The number of esters is 1. The van der Waals surface area contributed by atoms with E-state index in [9.17, 15) is 9.90 Å². The maximum Gasteiger partial charge on any atom is 0.355 e. The van der Waals surface area contributed by atoms with Crippen molar-refractivity contribution in [2.24, 2.45) is 7.05 Å². The van der Waals surface area contributed by atoms with Crippen LogP contribution in [0.25, 0.3) is 22.0 Å². The van der Waals surface area contributed by atoms with Gasteiger partial charge in [0.05, 0.1) is 43.2 Å². The van der Waals surface area contributed by atoms with Gasteiger partial charge in [-0.3, -0.25) is 4.68 Å². The highest BCUT2D eigenvalue weighted by Crippen LogP contribution is 2.43. The minimum atomic E-state index is -0.387. The van der Waals surface area contributed by atoms with Crippen molar-refractivity contribution in [3.8, 4) is 22.6 Å². The van der Waals surface area contributed by atoms with Crippen molar-refractivity contribution in [1.29, 1.82) is 0 Å². The molecule has 8 nitrogen and oxygen atoms in total. The lowest BCUT2D eigenvalue weighted by Gasteiger charge is -2.16. The van der Waals surface area contributed by atoms with Gasteiger partial charge in [-0.25, -0.2) is 4.79 Å². The number of ether oxygens (including phenoxy) is 3. The van der Waals surface area contributed by atoms with Crippen molar-refractivity contribution in [2.75, 3.05) is 20.3 Å². The van der Waals surface area contributed by atoms with E-state index < -0.39 is 0 Å². The van der Waals surface area contributed by atoms with E-state index in [0.29, 0.717) is 46.6 Å². The number of hydrogen-bond acceptors (Lipinski definition) is 7. The quantitative estimate of drug-likeness (QED) is 0.0738. The Labute approximate surface area is 301 Å². The summed E-state index contributed by atoms with van der Waals surface area (Å²) in [6.07, 6.45) is 4.15. The van der Waals surface area contributed by atoms with Gasteiger partial charge in [-0.2, -0.15) is 5.10 Å². The molecule has 0 spiro atoms. The zero-order valence-corrected chi connectivity index (χ0v) is 30.6. The van der Waals surface area contributed by atoms with Crippen LogP contribution in [0.15, 0.2) is 53.4 Å². The van der Waals surface area contributed by atoms with Crippen LogP contribution in [-0.2, 0) is 43.5 Å². The van der Waals surface area contributed by atoms with Crippen molar-refractivity contribution in [1.82, 2.24) is 14.3 Å². The number of carbonyl (C=O) groups excluding carboxylic acids is 1. The predicted octanol–water partition coefficient (Wildman–Crippen LogP) is 8.97. The fourth-order valence-corrected chi connectivity index (χ4v) is 8.23. The van der Waals surface area contributed by atoms with Crippen molar-refractivity contribution in [3.63, 3.8) is 0 Å². The summed E-state index contributed by atoms with van der Waals surface area (Å²) in [6, 6.07) is 15.8. The Morgan fingerprint density at radius 3 is 2.57 bits per heavy atom. The zero-order chi connectivity index (χ0) is 34.7. The van der Waals surface area contributed by atoms with E-state index in [1.54, 1.807) is 25.8 Å². The van der Waals surface area contributed by atoms with Gasteiger partial charge >= 0.3 is 5.97 Å². The number of halogens is 2. The van der Waals surface area contributed by atoms with Crippen LogP contribution in [0.1, 0.15) is 64.8 Å². The second-order valence-electron chi connectivity index (χ2n) is 12.1. The zero-order valence-electron chi connectivity index (χ0n) is 28.3. The Bertz CT molecular complexity index is 1990. The number of nitrogens with zero attached hydrogens (tertiary/aromatic N) is 3. The summed E-state index contributed by atoms with van der Waals surface area (Å²) >= 11 is 15.3. The van der Waals surface area contributed by atoms with Crippen LogP contribution in [-0.4, -0.2) is 45.7 Å². The number of aliphatic hydroxyl groups is 1. The average Bonchev–Trinajstić information content (AvgIpc) is 3.62. The van der Waals surface area contributed by atoms with Crippen LogP contribution in [0.5, 0.6) is 11.5 Å². The van der Waals surface area contributed by atoms with Gasteiger partial charge in [-0.15, -0.1) is 11.8 Å². The predicted molar refractivity (Wildman–Crippen MR) is 197 cm³/mol. The molecule has 1 aliphatic heterocycles. The summed E-state index contributed by atoms with van der Waals surface area (Å²) in [5.74, 6) is 1.94. The molecule has 258 valence electrons. The highest BCUT2D eigenvalue weighted by Gasteiger charge is 2.29. The first-order valence-corrected chi connectivity index (χ1v) is 18.3. The molecule has 0 atom stereocenters. The Balaban J connectivity index is 1.26. The molecule has 0 saturated carbocycles. The normalized spacial score (nSPS) is 12.7. The summed E-state index contributed by atoms with van der Waals surface area (Å²) < 4.78 is 21.0. The van der Waals surface area contributed by atoms with Crippen molar-refractivity contribution >= 4 is 51.8 Å². The molecule has 0 aliphatic carbocycles. The molecule has 0 radical (unpaired) electrons. The summed E-state index contributed by atoms with van der Waals surface area (Å²) in [6.45, 7) is 5.11. The number of fused-ring (bicyclic) bond motifs is 2. The topological polar surface area (TPSA) is 87.7 Å². The fraction of sp³-hybridized carbons (Fsp3) is 0.368. The molecule has 11 heteroatoms. The number of aryl methyl sites for hydroxylation is 3. The fourth-order valence-electron chi connectivity index (χ4n) is 6.68. The van der Waals surface area contributed by atoms with E-state index in [0.717, 1.165) is 81.1 Å². The molecule has 5 aromatic rings. The third-order valence-electron chi connectivity index (χ3n) is 9.10. The number of aromatic nitrogens is 3. The number of thioether (sulfide) groups is 1. The molecule has 0 unspecified atom stereocenters. The molecule has 3 aromatic carbocycles. The Kier molecular flexibility index (Phi) is 11.1. The molecule has 6 rings (SSSR count). The molecule has 0 amide bonds. The number of aliphatic hydroxyl groups excluding tert-OH is 1. The van der Waals surface area contributed by atoms with E-state index in [4.69, 9.17) is 42.5 Å².